The van der Waals surface area contributed by atoms with Crippen LogP contribution in [0.2, 0.25) is 10.0 Å². The van der Waals surface area contributed by atoms with Crippen LogP contribution < -0.4 is 16.0 Å². The number of nitrogens with one attached hydrogen (secondary N) is 3. The van der Waals surface area contributed by atoms with Gasteiger partial charge in [0.25, 0.3) is 11.8 Å². The average Bonchev–Trinajstić information content (AvgIpc) is 3.46. The highest BCUT2D eigenvalue weighted by molar-refractivity contribution is 6.52. The third-order valence-electron chi connectivity index (χ3n) is 6.01. The number of rotatable bonds is 8. The lowest BCUT2D eigenvalue weighted by molar-refractivity contribution is -0.126. The van der Waals surface area contributed by atoms with Crippen LogP contribution in [-0.4, -0.2) is 22.6 Å². The second-order valence-electron chi connectivity index (χ2n) is 8.70. The molecular formula is C26H16Cl4F5N3O2. The molecule has 0 saturated heterocycles. The standard InChI is InChI=1S/C26H16Cl4F5N3O2/c1-10(21-22(26(21,29)30)11-2-4-14(27)15(28)6-11)36-12-3-5-16(31)13(7-12)24(39)37-19-9-20(18(33)8-17(19)32)38-25(40)23(34)35/h2-9,21-23,36H,1H2,(H,37,39)(H,38,40)/t21-,22-/m0/s1. The predicted molar refractivity (Wildman–Crippen MR) is 145 cm³/mol. The van der Waals surface area contributed by atoms with E-state index in [1.165, 1.54) is 6.07 Å². The van der Waals surface area contributed by atoms with Gasteiger partial charge in [-0.05, 0) is 42.0 Å². The van der Waals surface area contributed by atoms with E-state index in [9.17, 15) is 31.5 Å². The van der Waals surface area contributed by atoms with Gasteiger partial charge < -0.3 is 16.0 Å². The van der Waals surface area contributed by atoms with Gasteiger partial charge >= 0.3 is 6.43 Å². The van der Waals surface area contributed by atoms with Crippen molar-refractivity contribution in [1.29, 1.82) is 0 Å². The number of hydrogen-bond donors (Lipinski definition) is 3. The Hall–Kier alpha value is -3.05. The molecule has 2 atom stereocenters. The summed E-state index contributed by atoms with van der Waals surface area (Å²) in [5.74, 6) is -7.58. The van der Waals surface area contributed by atoms with Gasteiger partial charge in [-0.15, -0.1) is 23.2 Å². The molecule has 1 aliphatic rings. The van der Waals surface area contributed by atoms with E-state index in [-0.39, 0.29) is 11.8 Å². The SMILES string of the molecule is C=C(Nc1ccc(F)c(C(=O)Nc2cc(NC(=O)C(F)F)c(F)cc2F)c1)[C@H]1[C@H](c2ccc(Cl)c(Cl)c2)C1(Cl)Cl. The Morgan fingerprint density at radius 3 is 2.10 bits per heavy atom. The maximum atomic E-state index is 14.5. The number of hydrogen-bond acceptors (Lipinski definition) is 3. The number of carbonyl (C=O) groups is 2. The van der Waals surface area contributed by atoms with Crippen LogP contribution in [0.25, 0.3) is 0 Å². The average molecular weight is 639 g/mol. The molecule has 4 rings (SSSR count). The van der Waals surface area contributed by atoms with E-state index in [0.29, 0.717) is 27.4 Å². The number of carbonyl (C=O) groups excluding carboxylic acids is 2. The number of benzene rings is 3. The molecule has 0 aromatic heterocycles. The first kappa shape index (κ1) is 29.9. The van der Waals surface area contributed by atoms with Crippen molar-refractivity contribution in [2.24, 2.45) is 5.92 Å². The molecule has 0 unspecified atom stereocenters. The van der Waals surface area contributed by atoms with Crippen LogP contribution in [0.4, 0.5) is 39.0 Å². The van der Waals surface area contributed by atoms with Crippen molar-refractivity contribution in [3.63, 3.8) is 0 Å². The smallest absolute Gasteiger partial charge is 0.315 e. The molecule has 3 aromatic carbocycles. The summed E-state index contributed by atoms with van der Waals surface area (Å²) in [5.41, 5.74) is -0.833. The van der Waals surface area contributed by atoms with E-state index in [1.54, 1.807) is 23.5 Å². The van der Waals surface area contributed by atoms with Gasteiger partial charge in [0, 0.05) is 29.3 Å². The van der Waals surface area contributed by atoms with Crippen molar-refractivity contribution in [2.45, 2.75) is 16.7 Å². The van der Waals surface area contributed by atoms with Crippen molar-refractivity contribution in [3.05, 3.63) is 99.4 Å². The van der Waals surface area contributed by atoms with E-state index in [0.717, 1.165) is 12.1 Å². The van der Waals surface area contributed by atoms with Crippen LogP contribution >= 0.6 is 46.4 Å². The molecular weight excluding hydrogens is 623 g/mol. The van der Waals surface area contributed by atoms with Crippen molar-refractivity contribution in [3.8, 4) is 0 Å². The molecule has 1 aliphatic carbocycles. The number of anilines is 3. The zero-order valence-electron chi connectivity index (χ0n) is 19.8. The van der Waals surface area contributed by atoms with Gasteiger partial charge in [0.2, 0.25) is 0 Å². The van der Waals surface area contributed by atoms with Crippen molar-refractivity contribution in [2.75, 3.05) is 16.0 Å². The highest BCUT2D eigenvalue weighted by atomic mass is 35.5. The van der Waals surface area contributed by atoms with E-state index < -0.39 is 68.8 Å². The third-order valence-corrected chi connectivity index (χ3v) is 7.69. The summed E-state index contributed by atoms with van der Waals surface area (Å²) < 4.78 is 66.5. The fourth-order valence-electron chi connectivity index (χ4n) is 4.04. The molecule has 2 amide bonds. The fraction of sp³-hybridized carbons (Fsp3) is 0.154. The maximum absolute atomic E-state index is 14.5. The van der Waals surface area contributed by atoms with E-state index in [1.807, 2.05) is 5.32 Å². The van der Waals surface area contributed by atoms with Crippen LogP contribution in [0.5, 0.6) is 0 Å². The quantitative estimate of drug-likeness (QED) is 0.171. The minimum atomic E-state index is -3.47. The second-order valence-corrected chi connectivity index (χ2v) is 11.0. The van der Waals surface area contributed by atoms with Gasteiger partial charge in [-0.2, -0.15) is 8.78 Å². The molecule has 210 valence electrons. The first-order valence-electron chi connectivity index (χ1n) is 11.2. The van der Waals surface area contributed by atoms with Crippen LogP contribution in [0.3, 0.4) is 0 Å². The van der Waals surface area contributed by atoms with E-state index in [2.05, 4.69) is 11.9 Å². The maximum Gasteiger partial charge on any atom is 0.315 e. The van der Waals surface area contributed by atoms with Crippen LogP contribution in [-0.2, 0) is 4.79 Å². The Morgan fingerprint density at radius 2 is 1.48 bits per heavy atom. The number of halogens is 9. The predicted octanol–water partition coefficient (Wildman–Crippen LogP) is 8.38. The first-order valence-corrected chi connectivity index (χ1v) is 12.7. The summed E-state index contributed by atoms with van der Waals surface area (Å²) in [6.45, 7) is 3.95. The minimum Gasteiger partial charge on any atom is -0.359 e. The van der Waals surface area contributed by atoms with Gasteiger partial charge in [0.05, 0.1) is 27.0 Å². The fourth-order valence-corrected chi connectivity index (χ4v) is 5.24. The Bertz CT molecular complexity index is 1540. The molecule has 0 radical (unpaired) electrons. The lowest BCUT2D eigenvalue weighted by Gasteiger charge is -2.13. The molecule has 0 spiro atoms. The monoisotopic (exact) mass is 637 g/mol. The summed E-state index contributed by atoms with van der Waals surface area (Å²) in [6.07, 6.45) is -3.47. The number of allylic oxidation sites excluding steroid dienone is 1. The minimum absolute atomic E-state index is 0.199. The molecule has 0 heterocycles. The molecule has 40 heavy (non-hydrogen) atoms. The number of alkyl halides is 4. The Kier molecular flexibility index (Phi) is 8.56. The topological polar surface area (TPSA) is 70.2 Å². The van der Waals surface area contributed by atoms with Gasteiger partial charge in [-0.3, -0.25) is 9.59 Å². The highest BCUT2D eigenvalue weighted by Crippen LogP contribution is 2.67. The highest BCUT2D eigenvalue weighted by Gasteiger charge is 2.65. The van der Waals surface area contributed by atoms with Crippen LogP contribution in [0.1, 0.15) is 21.8 Å². The summed E-state index contributed by atoms with van der Waals surface area (Å²) in [6, 6.07) is 9.13. The van der Waals surface area contributed by atoms with E-state index in [4.69, 9.17) is 46.4 Å². The van der Waals surface area contributed by atoms with Gasteiger partial charge in [-0.25, -0.2) is 13.2 Å². The molecule has 14 heteroatoms. The zero-order valence-corrected chi connectivity index (χ0v) is 22.8. The van der Waals surface area contributed by atoms with Gasteiger partial charge in [0.15, 0.2) is 0 Å². The third kappa shape index (κ3) is 6.15. The second kappa shape index (κ2) is 11.4. The van der Waals surface area contributed by atoms with Crippen molar-refractivity contribution >= 4 is 75.3 Å². The zero-order chi connectivity index (χ0) is 29.5. The van der Waals surface area contributed by atoms with Gasteiger partial charge in [0.1, 0.15) is 21.8 Å². The molecule has 0 bridgehead atoms. The normalized spacial score (nSPS) is 17.4. The Balaban J connectivity index is 1.51. The lowest BCUT2D eigenvalue weighted by atomic mass is 10.1. The van der Waals surface area contributed by atoms with Crippen molar-refractivity contribution in [1.82, 2.24) is 0 Å². The molecule has 1 saturated carbocycles. The van der Waals surface area contributed by atoms with Crippen LogP contribution in [0.15, 0.2) is 60.8 Å². The summed E-state index contributed by atoms with van der Waals surface area (Å²) in [7, 11) is 0. The summed E-state index contributed by atoms with van der Waals surface area (Å²) in [5, 5.41) is 7.17. The Labute approximate surface area is 244 Å². The van der Waals surface area contributed by atoms with Gasteiger partial charge in [-0.1, -0.05) is 35.8 Å². The Morgan fingerprint density at radius 1 is 0.825 bits per heavy atom. The van der Waals surface area contributed by atoms with Crippen LogP contribution in [0, 0.1) is 23.4 Å². The summed E-state index contributed by atoms with van der Waals surface area (Å²) in [4.78, 5) is 24.0. The molecule has 5 nitrogen and oxygen atoms in total. The first-order chi connectivity index (χ1) is 18.7. The summed E-state index contributed by atoms with van der Waals surface area (Å²) >= 11 is 25.0. The number of amides is 2. The lowest BCUT2D eigenvalue weighted by Crippen LogP contribution is -2.21. The van der Waals surface area contributed by atoms with E-state index >= 15 is 0 Å². The molecule has 3 aromatic rings. The molecule has 0 aliphatic heterocycles. The molecule has 3 N–H and O–H groups in total. The van der Waals surface area contributed by atoms with Crippen molar-refractivity contribution < 1.29 is 31.5 Å². The molecule has 1 fully saturated rings. The largest absolute Gasteiger partial charge is 0.359 e.